The summed E-state index contributed by atoms with van der Waals surface area (Å²) in [6.45, 7) is 17.7. The molecule has 2 spiro atoms. The Balaban J connectivity index is 0.000000285. The van der Waals surface area contributed by atoms with E-state index >= 15 is 0 Å². The van der Waals surface area contributed by atoms with E-state index < -0.39 is 0 Å². The third-order valence-corrected chi connectivity index (χ3v) is 9.94. The fraction of sp³-hybridized carbons (Fsp3) is 0.806. The first-order valence-corrected chi connectivity index (χ1v) is 15.6. The maximum absolute atomic E-state index is 11.3. The zero-order valence-corrected chi connectivity index (χ0v) is 30.5. The van der Waals surface area contributed by atoms with E-state index in [1.807, 2.05) is 12.2 Å². The molecule has 44 heavy (non-hydrogen) atoms. The summed E-state index contributed by atoms with van der Waals surface area (Å²) < 4.78 is 40.7. The maximum atomic E-state index is 11.3. The fourth-order valence-electron chi connectivity index (χ4n) is 7.40. The van der Waals surface area contributed by atoms with Gasteiger partial charge >= 0.3 is 11.9 Å². The van der Waals surface area contributed by atoms with Crippen molar-refractivity contribution in [3.05, 3.63) is 35.0 Å². The normalized spacial score (nSPS) is 40.5. The standard InChI is InChI=1S/C15H20BrNO4.C15H19NO4.CH4.BH.U/c1-9(18)19-14-11(16)7-15-8-12(14)20-13(15)4-3-10(21-15)5-6-17-2;1-10(17)18-12-5-7-15-9-13(12)19-14(15)4-3-11(20-15)6-8-16-2;;;/h10-14H,3-8H2,1H3;5,7,11-14H,3-4,6,8-9H2,1H3;1H4;1H;/t10-,11+,12-,13+,14-,15+;11-,12-,13-,14+,15+;;;/m11.../s1/i;;;1D;. The van der Waals surface area contributed by atoms with Crippen LogP contribution in [0.5, 0.6) is 0 Å². The Morgan fingerprint density at radius 2 is 1.52 bits per heavy atom. The Kier molecular flexibility index (Phi) is 14.3. The van der Waals surface area contributed by atoms with Crippen LogP contribution in [-0.2, 0) is 38.0 Å². The summed E-state index contributed by atoms with van der Waals surface area (Å²) in [6.07, 6.45) is 11.3. The van der Waals surface area contributed by atoms with Crippen LogP contribution in [0, 0.1) is 44.3 Å². The smallest absolute Gasteiger partial charge is 0.303 e. The molecule has 0 unspecified atom stereocenters. The van der Waals surface area contributed by atoms with Crippen molar-refractivity contribution < 1.29 is 69.1 Å². The molecule has 2 radical (unpaired) electrons. The van der Waals surface area contributed by atoms with E-state index in [0.29, 0.717) is 13.1 Å². The largest absolute Gasteiger partial charge is 0.459 e. The number of esters is 2. The van der Waals surface area contributed by atoms with E-state index in [1.54, 1.807) is 0 Å². The number of halogens is 1. The fourth-order valence-corrected chi connectivity index (χ4v) is 8.39. The molecule has 0 N–H and O–H groups in total. The second-order valence-electron chi connectivity index (χ2n) is 12.0. The third-order valence-electron chi connectivity index (χ3n) is 9.09. The Morgan fingerprint density at radius 1 is 0.932 bits per heavy atom. The van der Waals surface area contributed by atoms with Crippen molar-refractivity contribution in [1.82, 2.24) is 0 Å². The van der Waals surface area contributed by atoms with Crippen LogP contribution in [0.25, 0.3) is 9.69 Å². The number of hydrogen-bond acceptors (Lipinski definition) is 8. The molecule has 4 saturated heterocycles. The molecule has 0 aromatic rings. The summed E-state index contributed by atoms with van der Waals surface area (Å²) in [7, 11) is 3.75. The van der Waals surface area contributed by atoms with Gasteiger partial charge < -0.3 is 38.1 Å². The van der Waals surface area contributed by atoms with Gasteiger partial charge in [0.2, 0.25) is 13.1 Å². The molecule has 240 valence electrons. The van der Waals surface area contributed by atoms with Crippen molar-refractivity contribution in [2.24, 2.45) is 0 Å². The topological polar surface area (TPSA) is 98.2 Å². The van der Waals surface area contributed by atoms with Gasteiger partial charge in [0, 0.05) is 79.0 Å². The number of carbonyl (C=O) groups excluding carboxylic acids is 2. The van der Waals surface area contributed by atoms with Crippen LogP contribution in [0.3, 0.4) is 0 Å². The first-order valence-electron chi connectivity index (χ1n) is 15.3. The molecule has 10 nitrogen and oxygen atoms in total. The summed E-state index contributed by atoms with van der Waals surface area (Å²) in [6, 6.07) is 0. The minimum Gasteiger partial charge on any atom is -0.459 e. The summed E-state index contributed by atoms with van der Waals surface area (Å²) in [5.41, 5.74) is -0.632. The molecule has 1 saturated carbocycles. The van der Waals surface area contributed by atoms with E-state index in [4.69, 9.17) is 42.9 Å². The Morgan fingerprint density at radius 3 is 2.14 bits per heavy atom. The molecule has 0 aromatic carbocycles. The van der Waals surface area contributed by atoms with Gasteiger partial charge in [-0.1, -0.05) is 29.4 Å². The number of ether oxygens (including phenoxy) is 6. The van der Waals surface area contributed by atoms with Gasteiger partial charge in [0.1, 0.15) is 23.9 Å². The number of hydrogen-bond donors (Lipinski definition) is 0. The van der Waals surface area contributed by atoms with Gasteiger partial charge in [-0.15, -0.1) is 0 Å². The van der Waals surface area contributed by atoms with E-state index in [1.165, 1.54) is 13.8 Å². The van der Waals surface area contributed by atoms with Crippen LogP contribution in [0.4, 0.5) is 0 Å². The number of alkyl halides is 1. The summed E-state index contributed by atoms with van der Waals surface area (Å²) >= 11 is 3.65. The molecule has 6 rings (SSSR count). The van der Waals surface area contributed by atoms with Crippen molar-refractivity contribution in [3.63, 3.8) is 0 Å². The molecule has 4 bridgehead atoms. The molecule has 2 aliphatic carbocycles. The van der Waals surface area contributed by atoms with Gasteiger partial charge in [0.05, 0.1) is 40.9 Å². The van der Waals surface area contributed by atoms with Gasteiger partial charge in [0.15, 0.2) is 0 Å². The third kappa shape index (κ3) is 8.51. The molecule has 6 aliphatic rings. The molecule has 4 aliphatic heterocycles. The second-order valence-corrected chi connectivity index (χ2v) is 13.1. The van der Waals surface area contributed by atoms with E-state index in [2.05, 4.69) is 34.0 Å². The zero-order chi connectivity index (χ0) is 31.2. The molecule has 0 aromatic heterocycles. The van der Waals surface area contributed by atoms with Crippen LogP contribution in [0.15, 0.2) is 12.2 Å². The maximum Gasteiger partial charge on any atom is 0.303 e. The minimum atomic E-state index is -0.369. The molecular weight excluding hydrogens is 857 g/mol. The summed E-state index contributed by atoms with van der Waals surface area (Å²) in [5, 5.41) is 0. The van der Waals surface area contributed by atoms with E-state index in [9.17, 15) is 9.59 Å². The molecule has 0 amide bonds. The van der Waals surface area contributed by atoms with Crippen LogP contribution in [-0.4, -0.2) is 99.6 Å². The second kappa shape index (κ2) is 16.8. The van der Waals surface area contributed by atoms with Gasteiger partial charge in [-0.05, 0) is 39.5 Å². The first-order chi connectivity index (χ1) is 20.7. The Labute approximate surface area is 297 Å². The SMILES string of the molecule is C.[2H][B].[C-]#[N+]CC[C@H]1CC[C@@H]2O[C@@H]3C[C@]2(C=C[C@H]3OC(C)=O)O1.[C-]#[N+]CC[C@H]1CC[C@@H]2O[C@@H]3C[C@]2(C[C@H](Br)[C@H]3OC(C)=O)O1.[U]. The van der Waals surface area contributed by atoms with Gasteiger partial charge in [-0.3, -0.25) is 9.59 Å². The predicted octanol–water partition coefficient (Wildman–Crippen LogP) is 4.33. The van der Waals surface area contributed by atoms with Crippen LogP contribution < -0.4 is 0 Å². The molecular formula is C31H44BBrN2O8U. The van der Waals surface area contributed by atoms with Crippen LogP contribution in [0.2, 0.25) is 0 Å². The van der Waals surface area contributed by atoms with Crippen molar-refractivity contribution in [3.8, 4) is 0 Å². The number of carbonyl (C=O) groups is 2. The average Bonchev–Trinajstić information content (AvgIpc) is 3.47. The first kappa shape index (κ1) is 37.6. The van der Waals surface area contributed by atoms with Gasteiger partial charge in [-0.25, -0.2) is 13.1 Å². The Hall–Kier alpha value is -0.903. The molecule has 5 fully saturated rings. The molecule has 4 heterocycles. The molecule has 11 atom stereocenters. The monoisotopic (exact) mass is 901 g/mol. The van der Waals surface area contributed by atoms with Crippen molar-refractivity contribution in [2.75, 3.05) is 13.1 Å². The summed E-state index contributed by atoms with van der Waals surface area (Å²) in [5.74, 6) is -0.556. The number of rotatable bonds is 6. The van der Waals surface area contributed by atoms with Crippen LogP contribution >= 0.6 is 15.9 Å². The zero-order valence-electron chi connectivity index (χ0n) is 25.7. The predicted molar refractivity (Wildman–Crippen MR) is 164 cm³/mol. The van der Waals surface area contributed by atoms with Gasteiger partial charge in [-0.2, -0.15) is 0 Å². The Bertz CT molecular complexity index is 1130. The number of nitrogens with zero attached hydrogens (tertiary/aromatic N) is 2. The van der Waals surface area contributed by atoms with Crippen molar-refractivity contribution in [1.29, 1.82) is 1.34 Å². The minimum absolute atomic E-state index is 0. The average molecular weight is 902 g/mol. The van der Waals surface area contributed by atoms with E-state index in [-0.39, 0.29) is 115 Å². The quantitative estimate of drug-likeness (QED) is 0.128. The van der Waals surface area contributed by atoms with Crippen molar-refractivity contribution in [2.45, 2.75) is 144 Å². The van der Waals surface area contributed by atoms with E-state index in [0.717, 1.165) is 57.8 Å². The number of fused-ring (bicyclic) bond motifs is 2. The molecule has 13 heteroatoms. The summed E-state index contributed by atoms with van der Waals surface area (Å²) in [4.78, 5) is 29.2. The van der Waals surface area contributed by atoms with Gasteiger partial charge in [0.25, 0.3) is 0 Å². The van der Waals surface area contributed by atoms with Crippen molar-refractivity contribution >= 4 is 36.2 Å². The van der Waals surface area contributed by atoms with Crippen LogP contribution in [0.1, 0.15) is 79.1 Å².